The lowest BCUT2D eigenvalue weighted by molar-refractivity contribution is -0.139. The van der Waals surface area contributed by atoms with E-state index in [9.17, 15) is 9.90 Å². The van der Waals surface area contributed by atoms with E-state index in [2.05, 4.69) is 31.2 Å². The van der Waals surface area contributed by atoms with Gasteiger partial charge in [-0.3, -0.25) is 4.79 Å². The topological polar surface area (TPSA) is 66.8 Å². The molecule has 4 nitrogen and oxygen atoms in total. The summed E-state index contributed by atoms with van der Waals surface area (Å²) in [7, 11) is 0. The summed E-state index contributed by atoms with van der Waals surface area (Å²) in [5.41, 5.74) is 1.25. The fraction of sp³-hybridized carbons (Fsp3) is 0.720. The predicted octanol–water partition coefficient (Wildman–Crippen LogP) is 6.50. The highest BCUT2D eigenvalue weighted by atomic mass is 16.5. The number of aliphatic hydroxyl groups excluding tert-OH is 1. The Morgan fingerprint density at radius 2 is 1.38 bits per heavy atom. The zero-order valence-corrected chi connectivity index (χ0v) is 18.4. The number of hydrogen-bond acceptors (Lipinski definition) is 3. The Bertz CT molecular complexity index is 503. The molecular weight excluding hydrogens is 364 g/mol. The average Bonchev–Trinajstić information content (AvgIpc) is 2.71. The summed E-state index contributed by atoms with van der Waals surface area (Å²) >= 11 is 0. The van der Waals surface area contributed by atoms with Crippen LogP contribution in [-0.4, -0.2) is 28.4 Å². The summed E-state index contributed by atoms with van der Waals surface area (Å²) in [6, 6.07) is 10.4. The second kappa shape index (κ2) is 17.5. The smallest absolute Gasteiger partial charge is 0.305 e. The number of benzene rings is 1. The molecule has 0 aliphatic rings. The largest absolute Gasteiger partial charge is 0.481 e. The van der Waals surface area contributed by atoms with E-state index in [1.165, 1.54) is 56.9 Å². The van der Waals surface area contributed by atoms with E-state index in [-0.39, 0.29) is 6.42 Å². The molecule has 0 aliphatic carbocycles. The fourth-order valence-corrected chi connectivity index (χ4v) is 3.66. The Labute approximate surface area is 177 Å². The molecule has 0 radical (unpaired) electrons. The van der Waals surface area contributed by atoms with Crippen molar-refractivity contribution in [3.05, 3.63) is 35.9 Å². The number of rotatable bonds is 19. The van der Waals surface area contributed by atoms with Crippen molar-refractivity contribution in [2.45, 2.75) is 116 Å². The normalized spacial score (nSPS) is 13.3. The highest BCUT2D eigenvalue weighted by molar-refractivity contribution is 5.67. The lowest BCUT2D eigenvalue weighted by Crippen LogP contribution is -2.12. The molecule has 1 rings (SSSR count). The van der Waals surface area contributed by atoms with Gasteiger partial charge in [0.1, 0.15) is 0 Å². The fourth-order valence-electron chi connectivity index (χ4n) is 3.66. The molecule has 29 heavy (non-hydrogen) atoms. The molecule has 0 heterocycles. The number of carboxylic acid groups (broad SMARTS) is 1. The molecule has 0 bridgehead atoms. The monoisotopic (exact) mass is 406 g/mol. The average molecular weight is 407 g/mol. The molecule has 2 unspecified atom stereocenters. The van der Waals surface area contributed by atoms with Gasteiger partial charge in [0.25, 0.3) is 0 Å². The molecule has 166 valence electrons. The molecule has 0 spiro atoms. The van der Waals surface area contributed by atoms with Crippen LogP contribution in [0.2, 0.25) is 0 Å². The molecule has 0 aromatic heterocycles. The molecule has 2 atom stereocenters. The van der Waals surface area contributed by atoms with Crippen LogP contribution in [0.3, 0.4) is 0 Å². The summed E-state index contributed by atoms with van der Waals surface area (Å²) < 4.78 is 6.06. The van der Waals surface area contributed by atoms with E-state index >= 15 is 0 Å². The van der Waals surface area contributed by atoms with Crippen molar-refractivity contribution >= 4 is 5.97 Å². The van der Waals surface area contributed by atoms with Crippen molar-refractivity contribution in [2.75, 3.05) is 0 Å². The maximum absolute atomic E-state index is 10.5. The molecule has 4 heteroatoms. The third kappa shape index (κ3) is 15.2. The second-order valence-corrected chi connectivity index (χ2v) is 8.19. The number of hydrogen-bond donors (Lipinski definition) is 2. The van der Waals surface area contributed by atoms with Gasteiger partial charge >= 0.3 is 5.97 Å². The van der Waals surface area contributed by atoms with Gasteiger partial charge in [-0.05, 0) is 24.8 Å². The highest BCUT2D eigenvalue weighted by Gasteiger charge is 2.08. The van der Waals surface area contributed by atoms with Gasteiger partial charge in [-0.25, -0.2) is 0 Å². The summed E-state index contributed by atoms with van der Waals surface area (Å²) in [6.45, 7) is 2.93. The van der Waals surface area contributed by atoms with Crippen LogP contribution in [0.15, 0.2) is 30.3 Å². The number of unbranched alkanes of at least 4 members (excludes halogenated alkanes) is 9. The van der Waals surface area contributed by atoms with E-state index in [1.54, 1.807) is 0 Å². The minimum absolute atomic E-state index is 0.127. The Morgan fingerprint density at radius 1 is 0.862 bits per heavy atom. The number of carbonyl (C=O) groups is 1. The van der Waals surface area contributed by atoms with Gasteiger partial charge < -0.3 is 14.9 Å². The molecule has 0 amide bonds. The van der Waals surface area contributed by atoms with Gasteiger partial charge in [0.2, 0.25) is 0 Å². The molecule has 0 fully saturated rings. The maximum atomic E-state index is 10.5. The number of carboxylic acids is 1. The lowest BCUT2D eigenvalue weighted by Gasteiger charge is -2.16. The molecule has 1 aromatic rings. The third-order valence-electron chi connectivity index (χ3n) is 5.51. The molecule has 1 aromatic carbocycles. The van der Waals surface area contributed by atoms with Gasteiger partial charge in [-0.15, -0.1) is 0 Å². The summed E-state index contributed by atoms with van der Waals surface area (Å²) in [5.74, 6) is -0.914. The molecule has 0 saturated carbocycles. The van der Waals surface area contributed by atoms with Crippen LogP contribution in [0.4, 0.5) is 0 Å². The van der Waals surface area contributed by atoms with Gasteiger partial charge in [0.15, 0.2) is 0 Å². The van der Waals surface area contributed by atoms with Crippen molar-refractivity contribution in [3.8, 4) is 0 Å². The van der Waals surface area contributed by atoms with Crippen LogP contribution >= 0.6 is 0 Å². The first-order valence-corrected chi connectivity index (χ1v) is 11.7. The lowest BCUT2D eigenvalue weighted by atomic mass is 10.0. The zero-order valence-electron chi connectivity index (χ0n) is 18.4. The Balaban J connectivity index is 1.87. The maximum Gasteiger partial charge on any atom is 0.305 e. The van der Waals surface area contributed by atoms with E-state index in [4.69, 9.17) is 9.84 Å². The van der Waals surface area contributed by atoms with Gasteiger partial charge in [-0.1, -0.05) is 101 Å². The third-order valence-corrected chi connectivity index (χ3v) is 5.51. The van der Waals surface area contributed by atoms with E-state index in [0.717, 1.165) is 32.3 Å². The highest BCUT2D eigenvalue weighted by Crippen LogP contribution is 2.16. The van der Waals surface area contributed by atoms with Crippen molar-refractivity contribution in [2.24, 2.45) is 0 Å². The first kappa shape index (κ1) is 25.6. The molecule has 0 saturated heterocycles. The number of ether oxygens (including phenoxy) is 1. The molecular formula is C25H42O4. The van der Waals surface area contributed by atoms with E-state index < -0.39 is 12.1 Å². The number of aliphatic carboxylic acids is 1. The Kier molecular flexibility index (Phi) is 15.4. The van der Waals surface area contributed by atoms with Gasteiger partial charge in [0.05, 0.1) is 25.2 Å². The first-order valence-electron chi connectivity index (χ1n) is 11.7. The van der Waals surface area contributed by atoms with Crippen LogP contribution < -0.4 is 0 Å². The summed E-state index contributed by atoms with van der Waals surface area (Å²) in [5, 5.41) is 18.1. The van der Waals surface area contributed by atoms with Crippen molar-refractivity contribution < 1.29 is 19.7 Å². The Morgan fingerprint density at radius 3 is 1.90 bits per heavy atom. The first-order chi connectivity index (χ1) is 14.1. The van der Waals surface area contributed by atoms with E-state index in [1.807, 2.05) is 6.07 Å². The second-order valence-electron chi connectivity index (χ2n) is 8.19. The van der Waals surface area contributed by atoms with Crippen molar-refractivity contribution in [3.63, 3.8) is 0 Å². The van der Waals surface area contributed by atoms with Crippen molar-refractivity contribution in [1.82, 2.24) is 0 Å². The SMILES string of the molecule is CCC(CCCCCCCCCCCCC(O)CC(=O)O)OCc1ccccc1. The molecule has 2 N–H and O–H groups in total. The predicted molar refractivity (Wildman–Crippen MR) is 119 cm³/mol. The summed E-state index contributed by atoms with van der Waals surface area (Å²) in [6.07, 6.45) is 14.7. The minimum Gasteiger partial charge on any atom is -0.481 e. The van der Waals surface area contributed by atoms with Gasteiger partial charge in [-0.2, -0.15) is 0 Å². The van der Waals surface area contributed by atoms with E-state index in [0.29, 0.717) is 12.5 Å². The molecule has 0 aliphatic heterocycles. The quantitative estimate of drug-likeness (QED) is 0.257. The summed E-state index contributed by atoms with van der Waals surface area (Å²) in [4.78, 5) is 10.5. The standard InChI is InChI=1S/C25H42O4/c1-2-24(29-21-22-16-12-11-13-17-22)19-15-10-8-6-4-3-5-7-9-14-18-23(26)20-25(27)28/h11-13,16-17,23-24,26H,2-10,14-15,18-21H2,1H3,(H,27,28). The minimum atomic E-state index is -0.914. The zero-order chi connectivity index (χ0) is 21.2. The van der Waals surface area contributed by atoms with Crippen LogP contribution in [-0.2, 0) is 16.1 Å². The van der Waals surface area contributed by atoms with Crippen LogP contribution in [0.1, 0.15) is 102 Å². The van der Waals surface area contributed by atoms with Crippen LogP contribution in [0.25, 0.3) is 0 Å². The van der Waals surface area contributed by atoms with Crippen molar-refractivity contribution in [1.29, 1.82) is 0 Å². The van der Waals surface area contributed by atoms with Gasteiger partial charge in [0, 0.05) is 0 Å². The van der Waals surface area contributed by atoms with Crippen LogP contribution in [0, 0.1) is 0 Å². The Hall–Kier alpha value is -1.39. The number of aliphatic hydroxyl groups is 1. The van der Waals surface area contributed by atoms with Crippen LogP contribution in [0.5, 0.6) is 0 Å².